The van der Waals surface area contributed by atoms with Crippen LogP contribution in [0.2, 0.25) is 0 Å². The quantitative estimate of drug-likeness (QED) is 0.325. The van der Waals surface area contributed by atoms with Crippen LogP contribution >= 0.6 is 0 Å². The molecule has 0 saturated carbocycles. The predicted molar refractivity (Wildman–Crippen MR) is 117 cm³/mol. The molecule has 0 saturated heterocycles. The standard InChI is InChI=1S/C25H23N2O4/c1-30-20-11-7-18(8-12-20)24(28)15-26-17-27(23-6-4-3-5-22(23)26)16-25(29)19-9-13-21(31-2)14-10-19/h3-14,17H,15-16H2,1-2H3/q+1. The summed E-state index contributed by atoms with van der Waals surface area (Å²) in [6, 6.07) is 21.9. The first kappa shape index (κ1) is 20.3. The van der Waals surface area contributed by atoms with Crippen molar-refractivity contribution >= 4 is 22.6 Å². The molecule has 0 spiro atoms. The number of imidazole rings is 1. The van der Waals surface area contributed by atoms with Gasteiger partial charge in [0.25, 0.3) is 0 Å². The number of nitrogens with zero attached hydrogens (tertiary/aromatic N) is 2. The van der Waals surface area contributed by atoms with Crippen molar-refractivity contribution in [2.24, 2.45) is 0 Å². The Morgan fingerprint density at radius 3 is 1.90 bits per heavy atom. The molecule has 0 bridgehead atoms. The summed E-state index contributed by atoms with van der Waals surface area (Å²) in [7, 11) is 3.18. The average molecular weight is 415 g/mol. The zero-order valence-electron chi connectivity index (χ0n) is 17.4. The third-order valence-corrected chi connectivity index (χ3v) is 5.23. The van der Waals surface area contributed by atoms with Crippen molar-refractivity contribution < 1.29 is 23.6 Å². The molecule has 6 heteroatoms. The Morgan fingerprint density at radius 1 is 0.774 bits per heavy atom. The van der Waals surface area contributed by atoms with Crippen molar-refractivity contribution in [3.63, 3.8) is 0 Å². The molecule has 3 aromatic carbocycles. The van der Waals surface area contributed by atoms with E-state index in [0.717, 1.165) is 11.0 Å². The number of hydrogen-bond donors (Lipinski definition) is 0. The first-order chi connectivity index (χ1) is 15.1. The molecular weight excluding hydrogens is 392 g/mol. The second-order valence-corrected chi connectivity index (χ2v) is 7.16. The minimum absolute atomic E-state index is 0.0166. The average Bonchev–Trinajstić information content (AvgIpc) is 3.16. The Bertz CT molecular complexity index is 1130. The van der Waals surface area contributed by atoms with Crippen LogP contribution in [0, 0.1) is 0 Å². The molecule has 0 amide bonds. The van der Waals surface area contributed by atoms with Crippen LogP contribution in [0.25, 0.3) is 11.0 Å². The number of para-hydroxylation sites is 2. The molecule has 0 N–H and O–H groups in total. The summed E-state index contributed by atoms with van der Waals surface area (Å²) in [6.07, 6.45) is 1.83. The summed E-state index contributed by atoms with van der Waals surface area (Å²) >= 11 is 0. The largest absolute Gasteiger partial charge is 0.497 e. The summed E-state index contributed by atoms with van der Waals surface area (Å²) in [4.78, 5) is 25.6. The summed E-state index contributed by atoms with van der Waals surface area (Å²) < 4.78 is 14.1. The molecule has 4 rings (SSSR count). The second kappa shape index (κ2) is 8.83. The first-order valence-electron chi connectivity index (χ1n) is 9.91. The van der Waals surface area contributed by atoms with Gasteiger partial charge in [-0.15, -0.1) is 0 Å². The molecule has 0 aliphatic rings. The SMILES string of the molecule is COc1ccc(C(=O)Cn2c[n+](CC(=O)c3ccc(OC)cc3)c3ccccc32)cc1. The maximum absolute atomic E-state index is 12.8. The van der Waals surface area contributed by atoms with Crippen LogP contribution in [0.5, 0.6) is 11.5 Å². The van der Waals surface area contributed by atoms with Gasteiger partial charge in [-0.25, -0.2) is 9.13 Å². The summed E-state index contributed by atoms with van der Waals surface area (Å²) in [6.45, 7) is 0.354. The lowest BCUT2D eigenvalue weighted by Crippen LogP contribution is -2.37. The van der Waals surface area contributed by atoms with E-state index in [-0.39, 0.29) is 24.7 Å². The second-order valence-electron chi connectivity index (χ2n) is 7.16. The minimum Gasteiger partial charge on any atom is -0.497 e. The number of carbonyl (C=O) groups is 2. The van der Waals surface area contributed by atoms with Crippen molar-refractivity contribution in [2.75, 3.05) is 14.2 Å². The maximum Gasteiger partial charge on any atom is 0.245 e. The zero-order valence-corrected chi connectivity index (χ0v) is 17.4. The van der Waals surface area contributed by atoms with Gasteiger partial charge in [-0.05, 0) is 60.7 Å². The van der Waals surface area contributed by atoms with Crippen molar-refractivity contribution in [3.8, 4) is 11.5 Å². The third-order valence-electron chi connectivity index (χ3n) is 5.23. The Hall–Kier alpha value is -3.93. The van der Waals surface area contributed by atoms with Gasteiger partial charge in [0.2, 0.25) is 17.9 Å². The van der Waals surface area contributed by atoms with Crippen LogP contribution in [0.15, 0.2) is 79.1 Å². The van der Waals surface area contributed by atoms with Gasteiger partial charge in [0, 0.05) is 11.1 Å². The molecule has 6 nitrogen and oxygen atoms in total. The number of methoxy groups -OCH3 is 2. The monoisotopic (exact) mass is 415 g/mol. The van der Waals surface area contributed by atoms with Gasteiger partial charge in [0.05, 0.1) is 14.2 Å². The van der Waals surface area contributed by atoms with E-state index >= 15 is 0 Å². The Labute approximate surface area is 180 Å². The van der Waals surface area contributed by atoms with E-state index in [1.165, 1.54) is 0 Å². The fraction of sp³-hybridized carbons (Fsp3) is 0.160. The van der Waals surface area contributed by atoms with Crippen LogP contribution in [-0.4, -0.2) is 30.4 Å². The lowest BCUT2D eigenvalue weighted by molar-refractivity contribution is -0.657. The van der Waals surface area contributed by atoms with E-state index in [4.69, 9.17) is 9.47 Å². The van der Waals surface area contributed by atoms with Crippen LogP contribution in [-0.2, 0) is 13.1 Å². The van der Waals surface area contributed by atoms with Gasteiger partial charge >= 0.3 is 0 Å². The maximum atomic E-state index is 12.8. The van der Waals surface area contributed by atoms with E-state index in [0.29, 0.717) is 22.6 Å². The Morgan fingerprint density at radius 2 is 1.32 bits per heavy atom. The number of rotatable bonds is 8. The van der Waals surface area contributed by atoms with Crippen molar-refractivity contribution in [3.05, 3.63) is 90.3 Å². The topological polar surface area (TPSA) is 61.4 Å². The van der Waals surface area contributed by atoms with E-state index in [2.05, 4.69) is 0 Å². The van der Waals surface area contributed by atoms with E-state index in [1.807, 2.05) is 39.7 Å². The summed E-state index contributed by atoms with van der Waals surface area (Å²) in [5.41, 5.74) is 3.01. The van der Waals surface area contributed by atoms with E-state index in [9.17, 15) is 9.59 Å². The van der Waals surface area contributed by atoms with Crippen LogP contribution < -0.4 is 14.0 Å². The molecule has 0 atom stereocenters. The molecular formula is C25H23N2O4+. The van der Waals surface area contributed by atoms with Crippen LogP contribution in [0.1, 0.15) is 20.7 Å². The summed E-state index contributed by atoms with van der Waals surface area (Å²) in [5, 5.41) is 0. The Kier molecular flexibility index (Phi) is 5.80. The lowest BCUT2D eigenvalue weighted by Gasteiger charge is -2.02. The number of carbonyl (C=O) groups excluding carboxylic acids is 2. The highest BCUT2D eigenvalue weighted by atomic mass is 16.5. The number of aromatic nitrogens is 2. The molecule has 0 radical (unpaired) electrons. The van der Waals surface area contributed by atoms with Gasteiger partial charge in [0.1, 0.15) is 11.5 Å². The van der Waals surface area contributed by atoms with Crippen molar-refractivity contribution in [2.45, 2.75) is 13.1 Å². The number of Topliss-reactive ketones (excluding diaryl/α,β-unsaturated/α-hetero) is 2. The number of hydrogen-bond acceptors (Lipinski definition) is 4. The highest BCUT2D eigenvalue weighted by Gasteiger charge is 2.21. The summed E-state index contributed by atoms with van der Waals surface area (Å²) in [5.74, 6) is 1.38. The molecule has 0 aliphatic carbocycles. The van der Waals surface area contributed by atoms with Crippen molar-refractivity contribution in [1.82, 2.24) is 4.57 Å². The highest BCUT2D eigenvalue weighted by Crippen LogP contribution is 2.16. The van der Waals surface area contributed by atoms with Gasteiger partial charge in [-0.3, -0.25) is 9.59 Å². The number of fused-ring (bicyclic) bond motifs is 1. The van der Waals surface area contributed by atoms with E-state index in [1.54, 1.807) is 62.8 Å². The fourth-order valence-corrected chi connectivity index (χ4v) is 3.54. The minimum atomic E-state index is -0.0166. The molecule has 31 heavy (non-hydrogen) atoms. The normalized spacial score (nSPS) is 10.8. The third kappa shape index (κ3) is 4.33. The van der Waals surface area contributed by atoms with Crippen LogP contribution in [0.3, 0.4) is 0 Å². The fourth-order valence-electron chi connectivity index (χ4n) is 3.54. The number of ketones is 2. The molecule has 0 unspecified atom stereocenters. The van der Waals surface area contributed by atoms with Gasteiger partial charge < -0.3 is 9.47 Å². The Balaban J connectivity index is 1.59. The predicted octanol–water partition coefficient (Wildman–Crippen LogP) is 3.71. The zero-order chi connectivity index (χ0) is 21.8. The molecule has 1 heterocycles. The molecule has 4 aromatic rings. The van der Waals surface area contributed by atoms with Gasteiger partial charge in [-0.2, -0.15) is 0 Å². The van der Waals surface area contributed by atoms with Crippen LogP contribution in [0.4, 0.5) is 0 Å². The van der Waals surface area contributed by atoms with Gasteiger partial charge in [-0.1, -0.05) is 12.1 Å². The molecule has 1 aromatic heterocycles. The van der Waals surface area contributed by atoms with E-state index < -0.39 is 0 Å². The first-order valence-corrected chi connectivity index (χ1v) is 9.91. The smallest absolute Gasteiger partial charge is 0.245 e. The molecule has 156 valence electrons. The van der Waals surface area contributed by atoms with Gasteiger partial charge in [0.15, 0.2) is 24.1 Å². The highest BCUT2D eigenvalue weighted by molar-refractivity contribution is 5.97. The van der Waals surface area contributed by atoms with Crippen molar-refractivity contribution in [1.29, 1.82) is 0 Å². The number of ether oxygens (including phenoxy) is 2. The lowest BCUT2D eigenvalue weighted by atomic mass is 10.1. The molecule has 0 fully saturated rings. The molecule has 0 aliphatic heterocycles. The number of benzene rings is 3.